The van der Waals surface area contributed by atoms with Crippen LogP contribution in [0, 0.1) is 6.92 Å². The fourth-order valence-corrected chi connectivity index (χ4v) is 4.86. The van der Waals surface area contributed by atoms with E-state index in [0.29, 0.717) is 11.4 Å². The summed E-state index contributed by atoms with van der Waals surface area (Å²) in [6.45, 7) is 10.8. The number of sulfonamides is 1. The fourth-order valence-electron chi connectivity index (χ4n) is 1.66. The molecular formula is C12H22N2O2S2. The molecule has 4 nitrogen and oxygen atoms in total. The lowest BCUT2D eigenvalue weighted by molar-refractivity contribution is 0.490. The summed E-state index contributed by atoms with van der Waals surface area (Å²) in [7, 11) is -3.45. The van der Waals surface area contributed by atoms with E-state index in [1.165, 1.54) is 11.3 Å². The summed E-state index contributed by atoms with van der Waals surface area (Å²) in [5, 5.41) is 5.06. The molecule has 0 aliphatic rings. The third kappa shape index (κ3) is 4.05. The van der Waals surface area contributed by atoms with Gasteiger partial charge in [0, 0.05) is 17.0 Å². The summed E-state index contributed by atoms with van der Waals surface area (Å²) in [6.07, 6.45) is 0. The van der Waals surface area contributed by atoms with Crippen molar-refractivity contribution in [1.82, 2.24) is 10.0 Å². The molecule has 0 spiro atoms. The number of hydrogen-bond donors (Lipinski definition) is 2. The van der Waals surface area contributed by atoms with Gasteiger partial charge in [-0.25, -0.2) is 13.1 Å². The van der Waals surface area contributed by atoms with Crippen LogP contribution < -0.4 is 10.0 Å². The molecule has 1 aromatic rings. The Bertz CT molecular complexity index is 499. The summed E-state index contributed by atoms with van der Waals surface area (Å²) >= 11 is 1.49. The van der Waals surface area contributed by atoms with Gasteiger partial charge in [-0.2, -0.15) is 0 Å². The smallest absolute Gasteiger partial charge is 0.242 e. The molecule has 0 saturated heterocycles. The zero-order chi connectivity index (χ0) is 14.0. The molecule has 1 rings (SSSR count). The number of hydrogen-bond acceptors (Lipinski definition) is 4. The first-order valence-electron chi connectivity index (χ1n) is 5.99. The maximum atomic E-state index is 12.4. The van der Waals surface area contributed by atoms with E-state index < -0.39 is 15.6 Å². The van der Waals surface area contributed by atoms with Crippen molar-refractivity contribution in [3.63, 3.8) is 0 Å². The number of thiophene rings is 1. The highest BCUT2D eigenvalue weighted by Gasteiger charge is 2.27. The van der Waals surface area contributed by atoms with Crippen molar-refractivity contribution in [2.24, 2.45) is 0 Å². The molecule has 0 aliphatic heterocycles. The first-order chi connectivity index (χ1) is 8.17. The highest BCUT2D eigenvalue weighted by Crippen LogP contribution is 2.27. The van der Waals surface area contributed by atoms with Gasteiger partial charge in [-0.1, -0.05) is 6.92 Å². The van der Waals surface area contributed by atoms with Gasteiger partial charge in [0.2, 0.25) is 10.0 Å². The highest BCUT2D eigenvalue weighted by atomic mass is 32.2. The maximum Gasteiger partial charge on any atom is 0.242 e. The summed E-state index contributed by atoms with van der Waals surface area (Å²) in [5.41, 5.74) is 0.340. The highest BCUT2D eigenvalue weighted by molar-refractivity contribution is 7.89. The van der Waals surface area contributed by atoms with Crippen LogP contribution in [0.1, 0.15) is 38.1 Å². The van der Waals surface area contributed by atoms with Crippen molar-refractivity contribution in [3.8, 4) is 0 Å². The average molecular weight is 290 g/mol. The third-order valence-electron chi connectivity index (χ3n) is 2.23. The minimum atomic E-state index is -3.45. The standard InChI is InChI=1S/C12H22N2O2S2/c1-6-13-7-10-11(9(2)8-17-10)18(15,16)14-12(3,4)5/h8,13-14H,6-7H2,1-5H3. The minimum Gasteiger partial charge on any atom is -0.312 e. The van der Waals surface area contributed by atoms with Gasteiger partial charge in [-0.05, 0) is 45.2 Å². The second-order valence-corrected chi connectivity index (χ2v) is 7.89. The minimum absolute atomic E-state index is 0.434. The molecule has 1 aromatic heterocycles. The van der Waals surface area contributed by atoms with Gasteiger partial charge in [-0.3, -0.25) is 0 Å². The van der Waals surface area contributed by atoms with Crippen LogP contribution in [-0.2, 0) is 16.6 Å². The van der Waals surface area contributed by atoms with Crippen molar-refractivity contribution in [1.29, 1.82) is 0 Å². The molecule has 0 aromatic carbocycles. The first-order valence-corrected chi connectivity index (χ1v) is 8.35. The van der Waals surface area contributed by atoms with E-state index >= 15 is 0 Å². The normalized spacial score (nSPS) is 12.9. The van der Waals surface area contributed by atoms with Crippen molar-refractivity contribution >= 4 is 21.4 Å². The number of aryl methyl sites for hydroxylation is 1. The Morgan fingerprint density at radius 2 is 1.94 bits per heavy atom. The van der Waals surface area contributed by atoms with Crippen molar-refractivity contribution in [2.75, 3.05) is 6.54 Å². The van der Waals surface area contributed by atoms with Crippen LogP contribution in [-0.4, -0.2) is 20.5 Å². The summed E-state index contributed by atoms with van der Waals surface area (Å²) in [4.78, 5) is 1.30. The molecule has 0 atom stereocenters. The first kappa shape index (κ1) is 15.6. The third-order valence-corrected chi connectivity index (χ3v) is 5.45. The van der Waals surface area contributed by atoms with Gasteiger partial charge in [0.25, 0.3) is 0 Å². The Hall–Kier alpha value is -0.430. The van der Waals surface area contributed by atoms with E-state index in [1.807, 2.05) is 40.0 Å². The molecule has 18 heavy (non-hydrogen) atoms. The fraction of sp³-hybridized carbons (Fsp3) is 0.667. The Kier molecular flexibility index (Phi) is 4.94. The quantitative estimate of drug-likeness (QED) is 0.874. The van der Waals surface area contributed by atoms with E-state index in [0.717, 1.165) is 17.0 Å². The van der Waals surface area contributed by atoms with Crippen LogP contribution in [0.15, 0.2) is 10.3 Å². The number of rotatable bonds is 5. The molecule has 104 valence electrons. The molecule has 0 fully saturated rings. The maximum absolute atomic E-state index is 12.4. The molecule has 0 saturated carbocycles. The molecule has 0 radical (unpaired) electrons. The predicted molar refractivity (Wildman–Crippen MR) is 76.5 cm³/mol. The number of nitrogens with one attached hydrogen (secondary N) is 2. The van der Waals surface area contributed by atoms with Crippen LogP contribution >= 0.6 is 11.3 Å². The zero-order valence-electron chi connectivity index (χ0n) is 11.6. The van der Waals surface area contributed by atoms with Crippen molar-refractivity contribution in [3.05, 3.63) is 15.8 Å². The monoisotopic (exact) mass is 290 g/mol. The summed E-state index contributed by atoms with van der Waals surface area (Å²) in [5.74, 6) is 0. The molecule has 0 aliphatic carbocycles. The second kappa shape index (κ2) is 5.69. The lowest BCUT2D eigenvalue weighted by Crippen LogP contribution is -2.41. The molecule has 1 heterocycles. The Labute approximate surface area is 114 Å². The van der Waals surface area contributed by atoms with Gasteiger partial charge in [0.1, 0.15) is 4.90 Å². The lowest BCUT2D eigenvalue weighted by Gasteiger charge is -2.21. The largest absolute Gasteiger partial charge is 0.312 e. The molecular weight excluding hydrogens is 268 g/mol. The van der Waals surface area contributed by atoms with E-state index in [4.69, 9.17) is 0 Å². The molecule has 0 amide bonds. The Morgan fingerprint density at radius 3 is 2.44 bits per heavy atom. The van der Waals surface area contributed by atoms with E-state index in [2.05, 4.69) is 10.0 Å². The van der Waals surface area contributed by atoms with Gasteiger partial charge >= 0.3 is 0 Å². The molecule has 2 N–H and O–H groups in total. The van der Waals surface area contributed by atoms with Crippen LogP contribution in [0.5, 0.6) is 0 Å². The van der Waals surface area contributed by atoms with Gasteiger partial charge in [0.05, 0.1) is 0 Å². The van der Waals surface area contributed by atoms with E-state index in [1.54, 1.807) is 0 Å². The van der Waals surface area contributed by atoms with Gasteiger partial charge < -0.3 is 5.32 Å². The summed E-state index contributed by atoms with van der Waals surface area (Å²) < 4.78 is 27.5. The molecule has 0 bridgehead atoms. The van der Waals surface area contributed by atoms with Crippen molar-refractivity contribution < 1.29 is 8.42 Å². The Balaban J connectivity index is 3.11. The lowest BCUT2D eigenvalue weighted by atomic mass is 10.1. The second-order valence-electron chi connectivity index (χ2n) is 5.31. The van der Waals surface area contributed by atoms with Gasteiger partial charge in [-0.15, -0.1) is 11.3 Å². The predicted octanol–water partition coefficient (Wildman–Crippen LogP) is 2.24. The molecule has 0 unspecified atom stereocenters. The van der Waals surface area contributed by atoms with E-state index in [-0.39, 0.29) is 0 Å². The van der Waals surface area contributed by atoms with Crippen molar-refractivity contribution in [2.45, 2.75) is 51.6 Å². The topological polar surface area (TPSA) is 58.2 Å². The van der Waals surface area contributed by atoms with E-state index in [9.17, 15) is 8.42 Å². The Morgan fingerprint density at radius 1 is 1.33 bits per heavy atom. The van der Waals surface area contributed by atoms with Crippen LogP contribution in [0.4, 0.5) is 0 Å². The average Bonchev–Trinajstić information content (AvgIpc) is 2.53. The summed E-state index contributed by atoms with van der Waals surface area (Å²) in [6, 6.07) is 0. The van der Waals surface area contributed by atoms with Crippen LogP contribution in [0.2, 0.25) is 0 Å². The van der Waals surface area contributed by atoms with Crippen LogP contribution in [0.25, 0.3) is 0 Å². The SMILES string of the molecule is CCNCc1scc(C)c1S(=O)(=O)NC(C)(C)C. The van der Waals surface area contributed by atoms with Crippen LogP contribution in [0.3, 0.4) is 0 Å². The zero-order valence-corrected chi connectivity index (χ0v) is 13.3. The van der Waals surface area contributed by atoms with Gasteiger partial charge in [0.15, 0.2) is 0 Å². The molecule has 6 heteroatoms.